The maximum Gasteiger partial charge on any atom is 0.253 e. The molecule has 6 heteroatoms. The number of hydrogen-bond donors (Lipinski definition) is 1. The van der Waals surface area contributed by atoms with E-state index in [9.17, 15) is 4.79 Å². The Hall–Kier alpha value is -1.30. The van der Waals surface area contributed by atoms with Crippen molar-refractivity contribution < 1.29 is 14.3 Å². The lowest BCUT2D eigenvalue weighted by atomic mass is 10.0. The number of benzene rings is 1. The van der Waals surface area contributed by atoms with Crippen molar-refractivity contribution in [3.8, 4) is 5.75 Å². The van der Waals surface area contributed by atoms with E-state index in [0.29, 0.717) is 12.2 Å². The predicted molar refractivity (Wildman–Crippen MR) is 91.3 cm³/mol. The Labute approximate surface area is 143 Å². The highest BCUT2D eigenvalue weighted by atomic mass is 35.5. The van der Waals surface area contributed by atoms with Crippen molar-refractivity contribution in [2.24, 2.45) is 5.73 Å². The fraction of sp³-hybridized carbons (Fsp3) is 0.588. The Balaban J connectivity index is 0.00000192. The Morgan fingerprint density at radius 3 is 2.52 bits per heavy atom. The summed E-state index contributed by atoms with van der Waals surface area (Å²) < 4.78 is 11.2. The van der Waals surface area contributed by atoms with Crippen molar-refractivity contribution in [1.82, 2.24) is 4.90 Å². The van der Waals surface area contributed by atoms with Crippen LogP contribution in [0.5, 0.6) is 5.75 Å². The highest BCUT2D eigenvalue weighted by molar-refractivity contribution is 5.94. The molecule has 2 saturated heterocycles. The van der Waals surface area contributed by atoms with Crippen LogP contribution in [0.1, 0.15) is 36.0 Å². The van der Waals surface area contributed by atoms with Gasteiger partial charge in [-0.15, -0.1) is 12.4 Å². The Kier molecular flexibility index (Phi) is 6.69. The number of halogens is 1. The van der Waals surface area contributed by atoms with E-state index in [2.05, 4.69) is 0 Å². The second-order valence-electron chi connectivity index (χ2n) is 6.10. The van der Waals surface area contributed by atoms with Crippen LogP contribution in [0.2, 0.25) is 0 Å². The SMILES string of the molecule is Cl.NC1CCN(C(=O)c2ccc(OCC3CCCO3)cc2)CC1. The molecule has 2 fully saturated rings. The van der Waals surface area contributed by atoms with Crippen molar-refractivity contribution in [2.45, 2.75) is 37.8 Å². The maximum atomic E-state index is 12.4. The molecule has 2 N–H and O–H groups in total. The van der Waals surface area contributed by atoms with Gasteiger partial charge in [0.25, 0.3) is 5.91 Å². The van der Waals surface area contributed by atoms with Crippen molar-refractivity contribution in [2.75, 3.05) is 26.3 Å². The summed E-state index contributed by atoms with van der Waals surface area (Å²) in [7, 11) is 0. The third-order valence-electron chi connectivity index (χ3n) is 4.39. The van der Waals surface area contributed by atoms with E-state index < -0.39 is 0 Å². The molecule has 1 unspecified atom stereocenters. The molecule has 0 spiro atoms. The molecule has 2 heterocycles. The smallest absolute Gasteiger partial charge is 0.253 e. The Morgan fingerprint density at radius 2 is 1.91 bits per heavy atom. The van der Waals surface area contributed by atoms with Gasteiger partial charge >= 0.3 is 0 Å². The number of ether oxygens (including phenoxy) is 2. The van der Waals surface area contributed by atoms with E-state index >= 15 is 0 Å². The van der Waals surface area contributed by atoms with Gasteiger partial charge < -0.3 is 20.1 Å². The quantitative estimate of drug-likeness (QED) is 0.912. The van der Waals surface area contributed by atoms with Crippen LogP contribution in [0.15, 0.2) is 24.3 Å². The van der Waals surface area contributed by atoms with Gasteiger partial charge in [0.15, 0.2) is 0 Å². The summed E-state index contributed by atoms with van der Waals surface area (Å²) in [5.41, 5.74) is 6.58. The average molecular weight is 341 g/mol. The molecule has 0 bridgehead atoms. The maximum absolute atomic E-state index is 12.4. The summed E-state index contributed by atoms with van der Waals surface area (Å²) >= 11 is 0. The average Bonchev–Trinajstić information content (AvgIpc) is 3.07. The van der Waals surface area contributed by atoms with E-state index in [4.69, 9.17) is 15.2 Å². The van der Waals surface area contributed by atoms with Crippen molar-refractivity contribution in [1.29, 1.82) is 0 Å². The summed E-state index contributed by atoms with van der Waals surface area (Å²) in [6.07, 6.45) is 4.15. The van der Waals surface area contributed by atoms with Gasteiger partial charge in [0.2, 0.25) is 0 Å². The van der Waals surface area contributed by atoms with Crippen LogP contribution in [-0.2, 0) is 4.74 Å². The molecule has 1 amide bonds. The van der Waals surface area contributed by atoms with Crippen LogP contribution in [0.25, 0.3) is 0 Å². The zero-order valence-electron chi connectivity index (χ0n) is 13.3. The predicted octanol–water partition coefficient (Wildman–Crippen LogP) is 2.23. The number of rotatable bonds is 4. The monoisotopic (exact) mass is 340 g/mol. The molecule has 3 rings (SSSR count). The standard InChI is InChI=1S/C17H24N2O3.ClH/c18-14-7-9-19(10-8-14)17(20)13-3-5-15(6-4-13)22-12-16-2-1-11-21-16;/h3-6,14,16H,1-2,7-12,18H2;1H. The van der Waals surface area contributed by atoms with E-state index in [1.165, 1.54) is 0 Å². The van der Waals surface area contributed by atoms with Gasteiger partial charge in [-0.3, -0.25) is 4.79 Å². The fourth-order valence-corrected chi connectivity index (χ4v) is 2.94. The highest BCUT2D eigenvalue weighted by Crippen LogP contribution is 2.18. The Bertz CT molecular complexity index is 495. The van der Waals surface area contributed by atoms with Gasteiger partial charge in [-0.05, 0) is 49.9 Å². The van der Waals surface area contributed by atoms with Gasteiger partial charge in [0.1, 0.15) is 12.4 Å². The molecular weight excluding hydrogens is 316 g/mol. The summed E-state index contributed by atoms with van der Waals surface area (Å²) in [4.78, 5) is 14.3. The lowest BCUT2D eigenvalue weighted by molar-refractivity contribution is 0.0677. The minimum absolute atomic E-state index is 0. The third-order valence-corrected chi connectivity index (χ3v) is 4.39. The molecule has 0 saturated carbocycles. The molecule has 23 heavy (non-hydrogen) atoms. The van der Waals surface area contributed by atoms with Crippen LogP contribution < -0.4 is 10.5 Å². The first-order chi connectivity index (χ1) is 10.7. The molecule has 0 aliphatic carbocycles. The molecular formula is C17H25ClN2O3. The third kappa shape index (κ3) is 4.83. The first-order valence-corrected chi connectivity index (χ1v) is 8.12. The first kappa shape index (κ1) is 18.0. The summed E-state index contributed by atoms with van der Waals surface area (Å²) in [5.74, 6) is 0.866. The van der Waals surface area contributed by atoms with Gasteiger partial charge in [-0.25, -0.2) is 0 Å². The van der Waals surface area contributed by atoms with E-state index in [-0.39, 0.29) is 30.5 Å². The molecule has 5 nitrogen and oxygen atoms in total. The van der Waals surface area contributed by atoms with E-state index in [0.717, 1.165) is 51.1 Å². The minimum Gasteiger partial charge on any atom is -0.491 e. The summed E-state index contributed by atoms with van der Waals surface area (Å²) in [6.45, 7) is 2.91. The molecule has 2 aliphatic rings. The molecule has 1 aromatic rings. The number of piperidine rings is 1. The zero-order valence-corrected chi connectivity index (χ0v) is 14.1. The zero-order chi connectivity index (χ0) is 15.4. The fourth-order valence-electron chi connectivity index (χ4n) is 2.94. The minimum atomic E-state index is 0. The van der Waals surface area contributed by atoms with Crippen LogP contribution in [-0.4, -0.2) is 49.3 Å². The van der Waals surface area contributed by atoms with E-state index in [1.54, 1.807) is 0 Å². The van der Waals surface area contributed by atoms with Crippen LogP contribution >= 0.6 is 12.4 Å². The second-order valence-corrected chi connectivity index (χ2v) is 6.10. The summed E-state index contributed by atoms with van der Waals surface area (Å²) in [5, 5.41) is 0. The number of amides is 1. The largest absolute Gasteiger partial charge is 0.491 e. The number of hydrogen-bond acceptors (Lipinski definition) is 4. The highest BCUT2D eigenvalue weighted by Gasteiger charge is 2.21. The van der Waals surface area contributed by atoms with Crippen LogP contribution in [0.3, 0.4) is 0 Å². The van der Waals surface area contributed by atoms with Gasteiger partial charge in [0, 0.05) is 31.3 Å². The number of carbonyl (C=O) groups is 1. The number of nitrogens with zero attached hydrogens (tertiary/aromatic N) is 1. The van der Waals surface area contributed by atoms with Crippen LogP contribution in [0.4, 0.5) is 0 Å². The molecule has 0 radical (unpaired) electrons. The second kappa shape index (κ2) is 8.52. The first-order valence-electron chi connectivity index (χ1n) is 8.12. The van der Waals surface area contributed by atoms with Crippen LogP contribution in [0, 0.1) is 0 Å². The number of likely N-dealkylation sites (tertiary alicyclic amines) is 1. The van der Waals surface area contributed by atoms with Gasteiger partial charge in [0.05, 0.1) is 6.10 Å². The Morgan fingerprint density at radius 1 is 1.22 bits per heavy atom. The molecule has 2 aliphatic heterocycles. The molecule has 0 aromatic heterocycles. The molecule has 1 atom stereocenters. The van der Waals surface area contributed by atoms with Crippen molar-refractivity contribution in [3.05, 3.63) is 29.8 Å². The summed E-state index contributed by atoms with van der Waals surface area (Å²) in [6, 6.07) is 7.62. The lowest BCUT2D eigenvalue weighted by Gasteiger charge is -2.30. The number of nitrogens with two attached hydrogens (primary N) is 1. The van der Waals surface area contributed by atoms with Gasteiger partial charge in [-0.1, -0.05) is 0 Å². The normalized spacial score (nSPS) is 21.8. The molecule has 128 valence electrons. The van der Waals surface area contributed by atoms with Crippen molar-refractivity contribution in [3.63, 3.8) is 0 Å². The van der Waals surface area contributed by atoms with Gasteiger partial charge in [-0.2, -0.15) is 0 Å². The van der Waals surface area contributed by atoms with E-state index in [1.807, 2.05) is 29.2 Å². The lowest BCUT2D eigenvalue weighted by Crippen LogP contribution is -2.42. The number of carbonyl (C=O) groups excluding carboxylic acids is 1. The topological polar surface area (TPSA) is 64.8 Å². The van der Waals surface area contributed by atoms with Crippen molar-refractivity contribution >= 4 is 18.3 Å². The molecule has 1 aromatic carbocycles.